The van der Waals surface area contributed by atoms with Crippen molar-refractivity contribution in [2.45, 2.75) is 32.7 Å². The second kappa shape index (κ2) is 12.3. The van der Waals surface area contributed by atoms with Gasteiger partial charge < -0.3 is 24.2 Å². The lowest BCUT2D eigenvalue weighted by Crippen LogP contribution is -2.31. The molecule has 1 aliphatic heterocycles. The summed E-state index contributed by atoms with van der Waals surface area (Å²) >= 11 is 0. The van der Waals surface area contributed by atoms with E-state index in [0.717, 1.165) is 12.0 Å². The topological polar surface area (TPSA) is 85.3 Å². The van der Waals surface area contributed by atoms with Gasteiger partial charge in [-0.1, -0.05) is 43.3 Å². The van der Waals surface area contributed by atoms with E-state index in [9.17, 15) is 14.7 Å². The molecule has 1 aliphatic rings. The molecule has 0 radical (unpaired) electrons. The number of aliphatic hydroxyl groups excluding tert-OH is 1. The van der Waals surface area contributed by atoms with Crippen molar-refractivity contribution < 1.29 is 28.9 Å². The fourth-order valence-electron chi connectivity index (χ4n) is 4.55. The molecule has 0 aromatic heterocycles. The molecule has 7 nitrogen and oxygen atoms in total. The van der Waals surface area contributed by atoms with Crippen LogP contribution in [0.3, 0.4) is 0 Å². The number of nitrogens with zero attached hydrogens (tertiary/aromatic N) is 1. The Labute approximate surface area is 223 Å². The van der Waals surface area contributed by atoms with Crippen LogP contribution in [-0.4, -0.2) is 48.6 Å². The van der Waals surface area contributed by atoms with Crippen LogP contribution in [0, 0.1) is 0 Å². The van der Waals surface area contributed by atoms with Gasteiger partial charge in [0, 0.05) is 12.1 Å². The number of benzene rings is 3. The van der Waals surface area contributed by atoms with Gasteiger partial charge in [0.05, 0.1) is 31.9 Å². The van der Waals surface area contributed by atoms with Crippen molar-refractivity contribution in [3.8, 4) is 17.2 Å². The fourth-order valence-corrected chi connectivity index (χ4v) is 4.55. The van der Waals surface area contributed by atoms with Gasteiger partial charge in [0.2, 0.25) is 0 Å². The second-order valence-electron chi connectivity index (χ2n) is 8.94. The summed E-state index contributed by atoms with van der Waals surface area (Å²) in [5.41, 5.74) is 2.16. The lowest BCUT2D eigenvalue weighted by atomic mass is 9.94. The molecular formula is C31H33NO6. The molecule has 0 aliphatic carbocycles. The molecule has 7 heteroatoms. The molecule has 0 spiro atoms. The number of Topliss-reactive ketones (excluding diaryl/α,β-unsaturated/α-hetero) is 1. The number of ether oxygens (including phenoxy) is 3. The summed E-state index contributed by atoms with van der Waals surface area (Å²) in [5, 5.41) is 11.3. The molecule has 3 aromatic rings. The summed E-state index contributed by atoms with van der Waals surface area (Å²) in [6, 6.07) is 21.1. The highest BCUT2D eigenvalue weighted by molar-refractivity contribution is 6.46. The van der Waals surface area contributed by atoms with E-state index >= 15 is 0 Å². The number of hydrogen-bond acceptors (Lipinski definition) is 6. The predicted octanol–water partition coefficient (Wildman–Crippen LogP) is 5.55. The number of carbonyl (C=O) groups excluding carboxylic acids is 2. The number of carbonyl (C=O) groups is 2. The zero-order valence-corrected chi connectivity index (χ0v) is 22.0. The summed E-state index contributed by atoms with van der Waals surface area (Å²) in [6.45, 7) is 5.16. The van der Waals surface area contributed by atoms with Crippen LogP contribution in [-0.2, 0) is 16.0 Å². The van der Waals surface area contributed by atoms with Gasteiger partial charge >= 0.3 is 0 Å². The van der Waals surface area contributed by atoms with Crippen molar-refractivity contribution in [2.75, 3.05) is 26.9 Å². The Morgan fingerprint density at radius 1 is 0.921 bits per heavy atom. The van der Waals surface area contributed by atoms with Gasteiger partial charge in [-0.3, -0.25) is 9.59 Å². The van der Waals surface area contributed by atoms with Crippen LogP contribution < -0.4 is 14.2 Å². The normalized spacial score (nSPS) is 16.5. The lowest BCUT2D eigenvalue weighted by Gasteiger charge is -2.26. The van der Waals surface area contributed by atoms with Crippen LogP contribution in [0.25, 0.3) is 5.76 Å². The first kappa shape index (κ1) is 26.8. The molecule has 198 valence electrons. The molecule has 38 heavy (non-hydrogen) atoms. The molecule has 4 rings (SSSR count). The molecule has 1 heterocycles. The van der Waals surface area contributed by atoms with Gasteiger partial charge in [-0.05, 0) is 67.3 Å². The first-order chi connectivity index (χ1) is 18.5. The van der Waals surface area contributed by atoms with Crippen LogP contribution in [0.2, 0.25) is 0 Å². The number of aliphatic hydroxyl groups is 1. The van der Waals surface area contributed by atoms with Gasteiger partial charge in [-0.2, -0.15) is 0 Å². The predicted molar refractivity (Wildman–Crippen MR) is 146 cm³/mol. The number of ketones is 1. The van der Waals surface area contributed by atoms with Crippen molar-refractivity contribution >= 4 is 17.4 Å². The van der Waals surface area contributed by atoms with Gasteiger partial charge in [0.1, 0.15) is 11.5 Å². The van der Waals surface area contributed by atoms with E-state index in [4.69, 9.17) is 14.2 Å². The largest absolute Gasteiger partial charge is 0.507 e. The Morgan fingerprint density at radius 2 is 1.66 bits per heavy atom. The van der Waals surface area contributed by atoms with Crippen LogP contribution in [0.4, 0.5) is 0 Å². The van der Waals surface area contributed by atoms with Gasteiger partial charge in [0.25, 0.3) is 11.7 Å². The Bertz CT molecular complexity index is 1300. The van der Waals surface area contributed by atoms with E-state index in [1.54, 1.807) is 43.5 Å². The third-order valence-corrected chi connectivity index (χ3v) is 6.43. The number of hydrogen-bond donors (Lipinski definition) is 1. The van der Waals surface area contributed by atoms with E-state index < -0.39 is 17.7 Å². The number of rotatable bonds is 11. The van der Waals surface area contributed by atoms with Crippen LogP contribution in [0.1, 0.15) is 43.0 Å². The van der Waals surface area contributed by atoms with E-state index in [0.29, 0.717) is 54.6 Å². The standard InChI is InChI=1S/C31H33NO6/c1-4-19-38-25-16-13-23(20-26(25)37-5-2)28-27(29(33)22-11-14-24(36-3)15-12-22)30(34)31(35)32(28)18-17-21-9-7-6-8-10-21/h6-16,20,28,33H,4-5,17-19H2,1-3H3. The van der Waals surface area contributed by atoms with Crippen molar-refractivity contribution in [1.29, 1.82) is 0 Å². The number of likely N-dealkylation sites (tertiary alicyclic amines) is 1. The maximum atomic E-state index is 13.4. The highest BCUT2D eigenvalue weighted by Crippen LogP contribution is 2.42. The Hall–Kier alpha value is -4.26. The maximum Gasteiger partial charge on any atom is 0.295 e. The van der Waals surface area contributed by atoms with E-state index in [1.807, 2.05) is 50.2 Å². The first-order valence-corrected chi connectivity index (χ1v) is 12.8. The molecule has 0 saturated carbocycles. The summed E-state index contributed by atoms with van der Waals surface area (Å²) in [6.07, 6.45) is 1.40. The van der Waals surface area contributed by atoms with Crippen molar-refractivity contribution in [1.82, 2.24) is 4.90 Å². The lowest BCUT2D eigenvalue weighted by molar-refractivity contribution is -0.139. The van der Waals surface area contributed by atoms with Crippen molar-refractivity contribution in [3.63, 3.8) is 0 Å². The minimum atomic E-state index is -0.791. The summed E-state index contributed by atoms with van der Waals surface area (Å²) in [4.78, 5) is 28.2. The third kappa shape index (κ3) is 5.67. The number of amides is 1. The van der Waals surface area contributed by atoms with E-state index in [-0.39, 0.29) is 11.3 Å². The highest BCUT2D eigenvalue weighted by Gasteiger charge is 2.46. The number of methoxy groups -OCH3 is 1. The summed E-state index contributed by atoms with van der Waals surface area (Å²) in [5.74, 6) is 0.129. The van der Waals surface area contributed by atoms with Gasteiger partial charge in [0.15, 0.2) is 11.5 Å². The Kier molecular flexibility index (Phi) is 8.69. The molecule has 1 unspecified atom stereocenters. The van der Waals surface area contributed by atoms with Crippen LogP contribution in [0.5, 0.6) is 17.2 Å². The Balaban J connectivity index is 1.80. The molecule has 0 bridgehead atoms. The molecular weight excluding hydrogens is 482 g/mol. The average molecular weight is 516 g/mol. The quantitative estimate of drug-likeness (QED) is 0.205. The fraction of sp³-hybridized carbons (Fsp3) is 0.290. The van der Waals surface area contributed by atoms with E-state index in [1.165, 1.54) is 4.90 Å². The molecule has 1 atom stereocenters. The van der Waals surface area contributed by atoms with Gasteiger partial charge in [-0.25, -0.2) is 0 Å². The third-order valence-electron chi connectivity index (χ3n) is 6.43. The molecule has 1 saturated heterocycles. The Morgan fingerprint density at radius 3 is 2.32 bits per heavy atom. The molecule has 1 fully saturated rings. The molecule has 1 N–H and O–H groups in total. The average Bonchev–Trinajstić information content (AvgIpc) is 3.20. The zero-order valence-electron chi connectivity index (χ0n) is 22.0. The monoisotopic (exact) mass is 515 g/mol. The molecule has 1 amide bonds. The zero-order chi connectivity index (χ0) is 27.1. The summed E-state index contributed by atoms with van der Waals surface area (Å²) < 4.78 is 16.9. The molecule has 3 aromatic carbocycles. The smallest absolute Gasteiger partial charge is 0.295 e. The van der Waals surface area contributed by atoms with Crippen LogP contribution in [0.15, 0.2) is 78.4 Å². The summed E-state index contributed by atoms with van der Waals surface area (Å²) in [7, 11) is 1.55. The minimum Gasteiger partial charge on any atom is -0.507 e. The second-order valence-corrected chi connectivity index (χ2v) is 8.94. The highest BCUT2D eigenvalue weighted by atomic mass is 16.5. The van der Waals surface area contributed by atoms with Crippen molar-refractivity contribution in [2.24, 2.45) is 0 Å². The van der Waals surface area contributed by atoms with Crippen molar-refractivity contribution in [3.05, 3.63) is 95.1 Å². The first-order valence-electron chi connectivity index (χ1n) is 12.8. The van der Waals surface area contributed by atoms with Crippen LogP contribution >= 0.6 is 0 Å². The minimum absolute atomic E-state index is 0.0397. The van der Waals surface area contributed by atoms with E-state index in [2.05, 4.69) is 0 Å². The van der Waals surface area contributed by atoms with Gasteiger partial charge in [-0.15, -0.1) is 0 Å². The maximum absolute atomic E-state index is 13.4. The SMILES string of the molecule is CCCOc1ccc(C2C(=C(O)c3ccc(OC)cc3)C(=O)C(=O)N2CCc2ccccc2)cc1OCC.